The Morgan fingerprint density at radius 1 is 1.19 bits per heavy atom. The highest BCUT2D eigenvalue weighted by molar-refractivity contribution is 7.92. The average Bonchev–Trinajstić information content (AvgIpc) is 2.41. The van der Waals surface area contributed by atoms with Gasteiger partial charge in [-0.1, -0.05) is 18.1 Å². The van der Waals surface area contributed by atoms with Crippen LogP contribution in [0.4, 0.5) is 4.39 Å². The van der Waals surface area contributed by atoms with Crippen molar-refractivity contribution >= 4 is 9.84 Å². The third-order valence-electron chi connectivity index (χ3n) is 4.32. The van der Waals surface area contributed by atoms with E-state index in [4.69, 9.17) is 4.74 Å². The molecule has 0 aromatic heterocycles. The van der Waals surface area contributed by atoms with Crippen LogP contribution in [0.1, 0.15) is 32.1 Å². The third kappa shape index (κ3) is 3.12. The standard InChI is InChI=1S/C16H19FO3S/c17-13-4-6-14(7-5-13)20-9-8-12-10-15-2-1-3-16(11-12)21(15,18)19/h4-7,10,15-16H,1-3,8-9,11H2. The second kappa shape index (κ2) is 5.79. The Hall–Kier alpha value is -1.36. The van der Waals surface area contributed by atoms with Gasteiger partial charge in [0, 0.05) is 6.42 Å². The van der Waals surface area contributed by atoms with E-state index < -0.39 is 9.84 Å². The minimum Gasteiger partial charge on any atom is -0.493 e. The summed E-state index contributed by atoms with van der Waals surface area (Å²) < 4.78 is 42.7. The van der Waals surface area contributed by atoms with Crippen LogP contribution in [0.3, 0.4) is 0 Å². The van der Waals surface area contributed by atoms with E-state index in [0.717, 1.165) is 25.7 Å². The Labute approximate surface area is 124 Å². The molecule has 5 heteroatoms. The van der Waals surface area contributed by atoms with E-state index in [1.54, 1.807) is 12.1 Å². The number of ether oxygens (including phenoxy) is 1. The molecule has 0 radical (unpaired) electrons. The molecule has 0 spiro atoms. The second-order valence-electron chi connectivity index (χ2n) is 5.76. The summed E-state index contributed by atoms with van der Waals surface area (Å²) in [6.45, 7) is 0.497. The lowest BCUT2D eigenvalue weighted by Gasteiger charge is -2.33. The van der Waals surface area contributed by atoms with Crippen molar-refractivity contribution in [1.29, 1.82) is 0 Å². The van der Waals surface area contributed by atoms with E-state index >= 15 is 0 Å². The molecule has 1 fully saturated rings. The summed E-state index contributed by atoms with van der Waals surface area (Å²) in [7, 11) is -2.94. The highest BCUT2D eigenvalue weighted by atomic mass is 32.2. The zero-order valence-corrected chi connectivity index (χ0v) is 12.6. The van der Waals surface area contributed by atoms with Crippen LogP contribution >= 0.6 is 0 Å². The van der Waals surface area contributed by atoms with Crippen molar-refractivity contribution in [3.63, 3.8) is 0 Å². The predicted molar refractivity (Wildman–Crippen MR) is 79.6 cm³/mol. The Morgan fingerprint density at radius 3 is 2.67 bits per heavy atom. The fraction of sp³-hybridized carbons (Fsp3) is 0.500. The van der Waals surface area contributed by atoms with Gasteiger partial charge < -0.3 is 4.74 Å². The summed E-state index contributed by atoms with van der Waals surface area (Å²) in [6, 6.07) is 5.94. The van der Waals surface area contributed by atoms with Gasteiger partial charge in [-0.15, -0.1) is 0 Å². The Bertz CT molecular complexity index is 634. The average molecular weight is 310 g/mol. The van der Waals surface area contributed by atoms with Gasteiger partial charge in [0.1, 0.15) is 11.6 Å². The first-order valence-electron chi connectivity index (χ1n) is 7.36. The maximum atomic E-state index is 12.8. The zero-order valence-electron chi connectivity index (χ0n) is 11.8. The van der Waals surface area contributed by atoms with E-state index in [1.807, 2.05) is 6.08 Å². The van der Waals surface area contributed by atoms with Crippen molar-refractivity contribution in [2.45, 2.75) is 42.6 Å². The van der Waals surface area contributed by atoms with Gasteiger partial charge in [0.05, 0.1) is 17.1 Å². The van der Waals surface area contributed by atoms with Gasteiger partial charge in [-0.25, -0.2) is 12.8 Å². The molecular weight excluding hydrogens is 291 g/mol. The topological polar surface area (TPSA) is 43.4 Å². The molecule has 1 aromatic carbocycles. The minimum atomic E-state index is -2.94. The lowest BCUT2D eigenvalue weighted by molar-refractivity contribution is 0.318. The quantitative estimate of drug-likeness (QED) is 0.802. The van der Waals surface area contributed by atoms with Gasteiger partial charge in [0.15, 0.2) is 9.84 Å². The lowest BCUT2D eigenvalue weighted by Crippen LogP contribution is -2.39. The van der Waals surface area contributed by atoms with E-state index in [1.165, 1.54) is 17.7 Å². The van der Waals surface area contributed by atoms with Crippen LogP contribution < -0.4 is 4.74 Å². The highest BCUT2D eigenvalue weighted by Crippen LogP contribution is 2.36. The molecule has 2 aliphatic rings. The molecule has 0 aliphatic carbocycles. The van der Waals surface area contributed by atoms with Crippen LogP contribution in [-0.2, 0) is 9.84 Å². The zero-order chi connectivity index (χ0) is 14.9. The summed E-state index contributed by atoms with van der Waals surface area (Å²) in [5.41, 5.74) is 1.18. The molecule has 21 heavy (non-hydrogen) atoms. The van der Waals surface area contributed by atoms with Crippen molar-refractivity contribution in [3.05, 3.63) is 41.7 Å². The molecule has 0 amide bonds. The van der Waals surface area contributed by atoms with Crippen LogP contribution in [0.15, 0.2) is 35.9 Å². The number of benzene rings is 1. The maximum absolute atomic E-state index is 12.8. The molecule has 2 heterocycles. The Kier molecular flexibility index (Phi) is 4.02. The van der Waals surface area contributed by atoms with Gasteiger partial charge in [-0.3, -0.25) is 0 Å². The van der Waals surface area contributed by atoms with Crippen LogP contribution in [0.5, 0.6) is 5.75 Å². The number of fused-ring (bicyclic) bond motifs is 2. The number of halogens is 1. The van der Waals surface area contributed by atoms with E-state index in [0.29, 0.717) is 18.8 Å². The van der Waals surface area contributed by atoms with Crippen LogP contribution in [-0.4, -0.2) is 25.5 Å². The number of hydrogen-bond donors (Lipinski definition) is 0. The third-order valence-corrected chi connectivity index (χ3v) is 6.87. The molecule has 0 saturated carbocycles. The SMILES string of the molecule is O=S1(=O)C2C=C(CCOc3ccc(F)cc3)CC1CCC2. The molecule has 114 valence electrons. The van der Waals surface area contributed by atoms with Gasteiger partial charge in [0.2, 0.25) is 0 Å². The van der Waals surface area contributed by atoms with Gasteiger partial charge in [-0.05, 0) is 43.5 Å². The van der Waals surface area contributed by atoms with Crippen molar-refractivity contribution in [1.82, 2.24) is 0 Å². The van der Waals surface area contributed by atoms with Gasteiger partial charge >= 0.3 is 0 Å². The van der Waals surface area contributed by atoms with Crippen LogP contribution in [0.2, 0.25) is 0 Å². The smallest absolute Gasteiger partial charge is 0.159 e. The Morgan fingerprint density at radius 2 is 1.95 bits per heavy atom. The molecule has 3 rings (SSSR count). The summed E-state index contributed by atoms with van der Waals surface area (Å²) in [6.07, 6.45) is 5.85. The number of sulfone groups is 1. The number of rotatable bonds is 4. The molecule has 1 aromatic rings. The largest absolute Gasteiger partial charge is 0.493 e. The first-order valence-corrected chi connectivity index (χ1v) is 8.97. The first kappa shape index (κ1) is 14.6. The van der Waals surface area contributed by atoms with Crippen molar-refractivity contribution in [3.8, 4) is 5.75 Å². The molecule has 2 bridgehead atoms. The Balaban J connectivity index is 1.59. The molecule has 2 aliphatic heterocycles. The van der Waals surface area contributed by atoms with Crippen LogP contribution in [0.25, 0.3) is 0 Å². The second-order valence-corrected chi connectivity index (χ2v) is 8.21. The summed E-state index contributed by atoms with van der Waals surface area (Å²) in [4.78, 5) is 0. The molecule has 3 nitrogen and oxygen atoms in total. The summed E-state index contributed by atoms with van der Waals surface area (Å²) in [5.74, 6) is 0.357. The fourth-order valence-corrected chi connectivity index (χ4v) is 5.47. The first-order chi connectivity index (χ1) is 10.1. The molecule has 0 N–H and O–H groups in total. The molecule has 2 unspecified atom stereocenters. The summed E-state index contributed by atoms with van der Waals surface area (Å²) in [5, 5.41) is -0.479. The van der Waals surface area contributed by atoms with Gasteiger partial charge in [-0.2, -0.15) is 0 Å². The van der Waals surface area contributed by atoms with Gasteiger partial charge in [0.25, 0.3) is 0 Å². The molecule has 2 atom stereocenters. The number of hydrogen-bond acceptors (Lipinski definition) is 3. The fourth-order valence-electron chi connectivity index (χ4n) is 3.16. The maximum Gasteiger partial charge on any atom is 0.159 e. The van der Waals surface area contributed by atoms with Crippen molar-refractivity contribution in [2.75, 3.05) is 6.61 Å². The van der Waals surface area contributed by atoms with E-state index in [2.05, 4.69) is 0 Å². The van der Waals surface area contributed by atoms with Crippen molar-refractivity contribution < 1.29 is 17.5 Å². The monoisotopic (exact) mass is 310 g/mol. The summed E-state index contributed by atoms with van der Waals surface area (Å²) >= 11 is 0. The normalized spacial score (nSPS) is 27.0. The molecule has 1 saturated heterocycles. The predicted octanol–water partition coefficient (Wildman–Crippen LogP) is 3.26. The van der Waals surface area contributed by atoms with Crippen LogP contribution in [0, 0.1) is 5.82 Å². The highest BCUT2D eigenvalue weighted by Gasteiger charge is 2.39. The van der Waals surface area contributed by atoms with Crippen molar-refractivity contribution in [2.24, 2.45) is 0 Å². The van der Waals surface area contributed by atoms with E-state index in [-0.39, 0.29) is 16.3 Å². The molecular formula is C16H19FO3S. The lowest BCUT2D eigenvalue weighted by atomic mass is 9.96. The van der Waals surface area contributed by atoms with E-state index in [9.17, 15) is 12.8 Å². The minimum absolute atomic E-state index is 0.193.